The summed E-state index contributed by atoms with van der Waals surface area (Å²) in [6.45, 7) is 3.16. The summed E-state index contributed by atoms with van der Waals surface area (Å²) >= 11 is 1.30. The molecule has 0 radical (unpaired) electrons. The molecule has 2 aromatic rings. The van der Waals surface area contributed by atoms with Crippen LogP contribution in [0, 0.1) is 12.8 Å². The van der Waals surface area contributed by atoms with Gasteiger partial charge in [0.1, 0.15) is 11.5 Å². The number of nitrogens with two attached hydrogens (primary N) is 1. The van der Waals surface area contributed by atoms with E-state index in [0.29, 0.717) is 22.9 Å². The molecule has 0 spiro atoms. The molecule has 0 fully saturated rings. The molecule has 0 saturated heterocycles. The summed E-state index contributed by atoms with van der Waals surface area (Å²) in [5.74, 6) is -0.705. The number of aromatic nitrogens is 2. The molecule has 1 aliphatic carbocycles. The summed E-state index contributed by atoms with van der Waals surface area (Å²) < 4.78 is 39.2. The van der Waals surface area contributed by atoms with Crippen LogP contribution in [0.2, 0.25) is 0 Å². The Morgan fingerprint density at radius 2 is 2.15 bits per heavy atom. The van der Waals surface area contributed by atoms with Crippen LogP contribution in [0.25, 0.3) is 0 Å². The van der Waals surface area contributed by atoms with E-state index in [1.54, 1.807) is 0 Å². The highest BCUT2D eigenvalue weighted by molar-refractivity contribution is 7.17. The van der Waals surface area contributed by atoms with E-state index in [9.17, 15) is 22.8 Å². The second-order valence-electron chi connectivity index (χ2n) is 6.79. The van der Waals surface area contributed by atoms with Crippen LogP contribution in [-0.4, -0.2) is 21.6 Å². The summed E-state index contributed by atoms with van der Waals surface area (Å²) in [5, 5.41) is 6.42. The lowest BCUT2D eigenvalue weighted by Gasteiger charge is -2.18. The van der Waals surface area contributed by atoms with Crippen LogP contribution in [0.3, 0.4) is 0 Å². The number of carbonyl (C=O) groups is 2. The molecule has 27 heavy (non-hydrogen) atoms. The lowest BCUT2D eigenvalue weighted by Crippen LogP contribution is -2.23. The second-order valence-corrected chi connectivity index (χ2v) is 7.90. The number of primary amides is 1. The Morgan fingerprint density at radius 3 is 2.74 bits per heavy atom. The summed E-state index contributed by atoms with van der Waals surface area (Å²) in [6.07, 6.45) is -2.11. The Kier molecular flexibility index (Phi) is 5.02. The first-order chi connectivity index (χ1) is 12.6. The normalized spacial score (nSPS) is 16.9. The molecule has 1 aliphatic rings. The van der Waals surface area contributed by atoms with Crippen LogP contribution in [0.1, 0.15) is 45.5 Å². The molecule has 10 heteroatoms. The maximum atomic E-state index is 12.7. The molecule has 1 unspecified atom stereocenters. The van der Waals surface area contributed by atoms with Gasteiger partial charge in [-0.05, 0) is 43.7 Å². The third-order valence-corrected chi connectivity index (χ3v) is 5.75. The quantitative estimate of drug-likeness (QED) is 0.826. The van der Waals surface area contributed by atoms with Gasteiger partial charge in [0, 0.05) is 10.6 Å². The van der Waals surface area contributed by atoms with Gasteiger partial charge in [-0.1, -0.05) is 6.92 Å². The molecule has 2 heterocycles. The summed E-state index contributed by atoms with van der Waals surface area (Å²) in [5.41, 5.74) is 5.84. The lowest BCUT2D eigenvalue weighted by molar-refractivity contribution is -0.141. The Bertz CT molecular complexity index is 901. The van der Waals surface area contributed by atoms with Gasteiger partial charge in [-0.3, -0.25) is 14.3 Å². The first-order valence-corrected chi connectivity index (χ1v) is 9.23. The first-order valence-electron chi connectivity index (χ1n) is 8.42. The van der Waals surface area contributed by atoms with Crippen molar-refractivity contribution in [2.24, 2.45) is 11.7 Å². The monoisotopic (exact) mass is 400 g/mol. The average molecular weight is 400 g/mol. The van der Waals surface area contributed by atoms with Crippen LogP contribution in [0.15, 0.2) is 6.07 Å². The molecule has 6 nitrogen and oxygen atoms in total. The van der Waals surface area contributed by atoms with Crippen molar-refractivity contribution in [3.05, 3.63) is 33.5 Å². The number of alkyl halides is 3. The van der Waals surface area contributed by atoms with Gasteiger partial charge in [0.05, 0.1) is 5.56 Å². The summed E-state index contributed by atoms with van der Waals surface area (Å²) in [4.78, 5) is 25.2. The maximum Gasteiger partial charge on any atom is 0.435 e. The zero-order valence-corrected chi connectivity index (χ0v) is 15.6. The number of amides is 2. The van der Waals surface area contributed by atoms with Crippen molar-refractivity contribution in [3.63, 3.8) is 0 Å². The van der Waals surface area contributed by atoms with Crippen molar-refractivity contribution in [2.75, 3.05) is 5.32 Å². The highest BCUT2D eigenvalue weighted by Crippen LogP contribution is 2.39. The number of hydrogen-bond donors (Lipinski definition) is 2. The van der Waals surface area contributed by atoms with Crippen molar-refractivity contribution in [1.29, 1.82) is 0 Å². The Morgan fingerprint density at radius 1 is 1.44 bits per heavy atom. The second kappa shape index (κ2) is 6.99. The minimum Gasteiger partial charge on any atom is -0.365 e. The number of carbonyl (C=O) groups excluding carboxylic acids is 2. The fourth-order valence-electron chi connectivity index (χ4n) is 3.21. The van der Waals surface area contributed by atoms with Crippen LogP contribution >= 0.6 is 11.3 Å². The van der Waals surface area contributed by atoms with E-state index in [1.807, 2.05) is 0 Å². The van der Waals surface area contributed by atoms with Crippen LogP contribution in [0.4, 0.5) is 18.2 Å². The van der Waals surface area contributed by atoms with Crippen molar-refractivity contribution in [3.8, 4) is 0 Å². The van der Waals surface area contributed by atoms with Gasteiger partial charge in [-0.25, -0.2) is 0 Å². The molecular formula is C17H19F3N4O2S. The van der Waals surface area contributed by atoms with Crippen molar-refractivity contribution in [1.82, 2.24) is 9.78 Å². The van der Waals surface area contributed by atoms with E-state index in [0.717, 1.165) is 34.0 Å². The number of nitrogens with one attached hydrogen (secondary N) is 1. The number of fused-ring (bicyclic) bond motifs is 1. The predicted octanol–water partition coefficient (Wildman–Crippen LogP) is 3.13. The standard InChI is InChI=1S/C17H19F3N4O2S/c1-8-3-4-10-11(5-8)27-16(14(10)15(21)26)22-13(25)7-24-9(2)6-12(23-24)17(18,19)20/h6,8H,3-5,7H2,1-2H3,(H2,21,26)(H,22,25). The van der Waals surface area contributed by atoms with E-state index < -0.39 is 23.7 Å². The van der Waals surface area contributed by atoms with Gasteiger partial charge in [0.2, 0.25) is 5.91 Å². The van der Waals surface area contributed by atoms with E-state index in [2.05, 4.69) is 17.3 Å². The molecule has 146 valence electrons. The average Bonchev–Trinajstić information content (AvgIpc) is 3.07. The van der Waals surface area contributed by atoms with Gasteiger partial charge < -0.3 is 11.1 Å². The topological polar surface area (TPSA) is 90.0 Å². The van der Waals surface area contributed by atoms with Gasteiger partial charge in [0.25, 0.3) is 5.91 Å². The maximum absolute atomic E-state index is 12.7. The zero-order valence-electron chi connectivity index (χ0n) is 14.8. The third-order valence-electron chi connectivity index (χ3n) is 4.58. The first kappa shape index (κ1) is 19.4. The molecule has 3 rings (SSSR count). The number of thiophene rings is 1. The SMILES string of the molecule is Cc1cc(C(F)(F)F)nn1CC(=O)Nc1sc2c(c1C(N)=O)CCC(C)C2. The molecular weight excluding hydrogens is 381 g/mol. The van der Waals surface area contributed by atoms with Gasteiger partial charge >= 0.3 is 6.18 Å². The molecule has 2 amide bonds. The number of halogens is 3. The number of rotatable bonds is 4. The largest absolute Gasteiger partial charge is 0.435 e. The number of nitrogens with zero attached hydrogens (tertiary/aromatic N) is 2. The van der Waals surface area contributed by atoms with E-state index in [-0.39, 0.29) is 12.2 Å². The summed E-state index contributed by atoms with van der Waals surface area (Å²) in [6, 6.07) is 0.882. The van der Waals surface area contributed by atoms with Gasteiger partial charge in [-0.2, -0.15) is 18.3 Å². The minimum absolute atomic E-state index is 0.215. The Balaban J connectivity index is 1.81. The molecule has 2 aromatic heterocycles. The van der Waals surface area contributed by atoms with E-state index >= 15 is 0 Å². The highest BCUT2D eigenvalue weighted by atomic mass is 32.1. The zero-order chi connectivity index (χ0) is 19.9. The fourth-order valence-corrected chi connectivity index (χ4v) is 4.64. The highest BCUT2D eigenvalue weighted by Gasteiger charge is 2.34. The van der Waals surface area contributed by atoms with Gasteiger partial charge in [0.15, 0.2) is 5.69 Å². The molecule has 0 aliphatic heterocycles. The van der Waals surface area contributed by atoms with Crippen LogP contribution in [0.5, 0.6) is 0 Å². The fraction of sp³-hybridized carbons (Fsp3) is 0.471. The van der Waals surface area contributed by atoms with Crippen LogP contribution < -0.4 is 11.1 Å². The number of anilines is 1. The molecule has 0 saturated carbocycles. The molecule has 0 aromatic carbocycles. The lowest BCUT2D eigenvalue weighted by atomic mass is 9.88. The summed E-state index contributed by atoms with van der Waals surface area (Å²) in [7, 11) is 0. The molecule has 3 N–H and O–H groups in total. The van der Waals surface area contributed by atoms with E-state index in [4.69, 9.17) is 5.73 Å². The third kappa shape index (κ3) is 4.00. The van der Waals surface area contributed by atoms with Crippen LogP contribution in [-0.2, 0) is 30.4 Å². The Hall–Kier alpha value is -2.36. The minimum atomic E-state index is -4.57. The smallest absolute Gasteiger partial charge is 0.365 e. The van der Waals surface area contributed by atoms with Gasteiger partial charge in [-0.15, -0.1) is 11.3 Å². The van der Waals surface area contributed by atoms with Crippen molar-refractivity contribution >= 4 is 28.2 Å². The van der Waals surface area contributed by atoms with E-state index in [1.165, 1.54) is 18.3 Å². The number of aryl methyl sites for hydroxylation is 1. The van der Waals surface area contributed by atoms with Crippen molar-refractivity contribution < 1.29 is 22.8 Å². The molecule has 0 bridgehead atoms. The Labute approximate surface area is 157 Å². The predicted molar refractivity (Wildman–Crippen MR) is 94.6 cm³/mol. The molecule has 1 atom stereocenters. The van der Waals surface area contributed by atoms with Crippen molar-refractivity contribution in [2.45, 2.75) is 45.8 Å². The number of hydrogen-bond acceptors (Lipinski definition) is 4.